The van der Waals surface area contributed by atoms with E-state index in [1.807, 2.05) is 0 Å². The molecule has 4 nitrogen and oxygen atoms in total. The van der Waals surface area contributed by atoms with Gasteiger partial charge in [0.05, 0.1) is 0 Å². The molecular weight excluding hydrogens is 255 g/mol. The summed E-state index contributed by atoms with van der Waals surface area (Å²) in [5, 5.41) is 3.10. The topological polar surface area (TPSA) is 49.4 Å². The third-order valence-electron chi connectivity index (χ3n) is 3.29. The van der Waals surface area contributed by atoms with Crippen molar-refractivity contribution in [3.8, 4) is 0 Å². The second kappa shape index (κ2) is 4.95. The van der Waals surface area contributed by atoms with Gasteiger partial charge in [-0.25, -0.2) is 12.8 Å². The van der Waals surface area contributed by atoms with Gasteiger partial charge in [-0.05, 0) is 37.6 Å². The van der Waals surface area contributed by atoms with Gasteiger partial charge in [0.15, 0.2) is 0 Å². The Labute approximate surface area is 107 Å². The van der Waals surface area contributed by atoms with Gasteiger partial charge in [-0.15, -0.1) is 0 Å². The first-order valence-corrected chi connectivity index (χ1v) is 7.32. The molecule has 1 unspecified atom stereocenters. The molecule has 0 radical (unpaired) electrons. The highest BCUT2D eigenvalue weighted by molar-refractivity contribution is 7.89. The SMILES string of the molecule is Cc1ccc(F)c(S(=O)(=O)N(C)C2CCNC2)c1. The molecule has 1 N–H and O–H groups in total. The Morgan fingerprint density at radius 2 is 2.17 bits per heavy atom. The van der Waals surface area contributed by atoms with Gasteiger partial charge in [0, 0.05) is 19.6 Å². The van der Waals surface area contributed by atoms with Gasteiger partial charge in [0.1, 0.15) is 10.7 Å². The van der Waals surface area contributed by atoms with Crippen molar-refractivity contribution in [1.29, 1.82) is 0 Å². The van der Waals surface area contributed by atoms with Gasteiger partial charge in [0.25, 0.3) is 0 Å². The lowest BCUT2D eigenvalue weighted by atomic mass is 10.2. The molecule has 6 heteroatoms. The van der Waals surface area contributed by atoms with Crippen LogP contribution in [0.3, 0.4) is 0 Å². The molecule has 0 aliphatic carbocycles. The smallest absolute Gasteiger partial charge is 0.246 e. The quantitative estimate of drug-likeness (QED) is 0.897. The number of sulfonamides is 1. The molecule has 18 heavy (non-hydrogen) atoms. The standard InChI is InChI=1S/C12H17FN2O2S/c1-9-3-4-11(13)12(7-9)18(16,17)15(2)10-5-6-14-8-10/h3-4,7,10,14H,5-6,8H2,1-2H3. The summed E-state index contributed by atoms with van der Waals surface area (Å²) in [7, 11) is -2.25. The maximum Gasteiger partial charge on any atom is 0.246 e. The minimum absolute atomic E-state index is 0.102. The predicted molar refractivity (Wildman–Crippen MR) is 67.4 cm³/mol. The van der Waals surface area contributed by atoms with Crippen molar-refractivity contribution in [2.45, 2.75) is 24.3 Å². The molecule has 0 amide bonds. The Hall–Kier alpha value is -0.980. The number of rotatable bonds is 3. The molecule has 1 fully saturated rings. The van der Waals surface area contributed by atoms with E-state index in [0.29, 0.717) is 6.54 Å². The summed E-state index contributed by atoms with van der Waals surface area (Å²) in [6, 6.07) is 4.03. The Morgan fingerprint density at radius 3 is 2.78 bits per heavy atom. The Balaban J connectivity index is 2.37. The molecule has 100 valence electrons. The molecule has 1 aromatic rings. The molecule has 0 bridgehead atoms. The maximum atomic E-state index is 13.7. The summed E-state index contributed by atoms with van der Waals surface area (Å²) in [5.41, 5.74) is 0.730. The van der Waals surface area contributed by atoms with Gasteiger partial charge >= 0.3 is 0 Å². The first-order chi connectivity index (χ1) is 8.43. The predicted octanol–water partition coefficient (Wildman–Crippen LogP) is 1.12. The van der Waals surface area contributed by atoms with Crippen molar-refractivity contribution < 1.29 is 12.8 Å². The van der Waals surface area contributed by atoms with Crippen molar-refractivity contribution in [3.05, 3.63) is 29.6 Å². The number of likely N-dealkylation sites (N-methyl/N-ethyl adjacent to an activating group) is 1. The zero-order valence-electron chi connectivity index (χ0n) is 10.5. The first-order valence-electron chi connectivity index (χ1n) is 5.88. The van der Waals surface area contributed by atoms with Crippen LogP contribution in [0.2, 0.25) is 0 Å². The van der Waals surface area contributed by atoms with E-state index in [1.165, 1.54) is 23.5 Å². The largest absolute Gasteiger partial charge is 0.315 e. The lowest BCUT2D eigenvalue weighted by molar-refractivity contribution is 0.385. The molecular formula is C12H17FN2O2S. The van der Waals surface area contributed by atoms with Crippen LogP contribution in [-0.2, 0) is 10.0 Å². The van der Waals surface area contributed by atoms with E-state index in [2.05, 4.69) is 5.32 Å². The normalized spacial score (nSPS) is 20.6. The molecule has 0 spiro atoms. The van der Waals surface area contributed by atoms with Gasteiger partial charge in [0.2, 0.25) is 10.0 Å². The molecule has 1 atom stereocenters. The molecule has 1 aliphatic heterocycles. The third-order valence-corrected chi connectivity index (χ3v) is 5.22. The second-order valence-electron chi connectivity index (χ2n) is 4.60. The van der Waals surface area contributed by atoms with Gasteiger partial charge < -0.3 is 5.32 Å². The fraction of sp³-hybridized carbons (Fsp3) is 0.500. The summed E-state index contributed by atoms with van der Waals surface area (Å²) >= 11 is 0. The molecule has 1 saturated heterocycles. The molecule has 1 aromatic carbocycles. The van der Waals surface area contributed by atoms with Crippen molar-refractivity contribution >= 4 is 10.0 Å². The second-order valence-corrected chi connectivity index (χ2v) is 6.57. The van der Waals surface area contributed by atoms with Crippen LogP contribution in [0, 0.1) is 12.7 Å². The molecule has 1 heterocycles. The number of hydrogen-bond donors (Lipinski definition) is 1. The average molecular weight is 272 g/mol. The summed E-state index contributed by atoms with van der Waals surface area (Å²) in [6.45, 7) is 3.15. The van der Waals surface area contributed by atoms with Crippen LogP contribution in [0.4, 0.5) is 4.39 Å². The summed E-state index contributed by atoms with van der Waals surface area (Å²) < 4.78 is 39.7. The van der Waals surface area contributed by atoms with E-state index in [0.717, 1.165) is 18.5 Å². The van der Waals surface area contributed by atoms with Crippen LogP contribution < -0.4 is 5.32 Å². The van der Waals surface area contributed by atoms with E-state index in [4.69, 9.17) is 0 Å². The highest BCUT2D eigenvalue weighted by Crippen LogP contribution is 2.22. The molecule has 2 rings (SSSR count). The fourth-order valence-electron chi connectivity index (χ4n) is 2.11. The number of benzene rings is 1. The first kappa shape index (κ1) is 13.5. The zero-order valence-corrected chi connectivity index (χ0v) is 11.3. The van der Waals surface area contributed by atoms with Gasteiger partial charge in [-0.3, -0.25) is 0 Å². The summed E-state index contributed by atoms with van der Waals surface area (Å²) in [4.78, 5) is -0.239. The number of halogens is 1. The van der Waals surface area contributed by atoms with Crippen LogP contribution >= 0.6 is 0 Å². The van der Waals surface area contributed by atoms with E-state index < -0.39 is 15.8 Å². The number of hydrogen-bond acceptors (Lipinski definition) is 3. The van der Waals surface area contributed by atoms with E-state index in [9.17, 15) is 12.8 Å². The number of nitrogens with one attached hydrogen (secondary N) is 1. The highest BCUT2D eigenvalue weighted by atomic mass is 32.2. The van der Waals surface area contributed by atoms with E-state index >= 15 is 0 Å². The molecule has 1 aliphatic rings. The minimum atomic E-state index is -3.76. The van der Waals surface area contributed by atoms with Crippen LogP contribution in [0.1, 0.15) is 12.0 Å². The fourth-order valence-corrected chi connectivity index (χ4v) is 3.64. The Kier molecular flexibility index (Phi) is 3.70. The maximum absolute atomic E-state index is 13.7. The minimum Gasteiger partial charge on any atom is -0.315 e. The van der Waals surface area contributed by atoms with E-state index in [1.54, 1.807) is 13.0 Å². The van der Waals surface area contributed by atoms with Crippen LogP contribution in [0.5, 0.6) is 0 Å². The average Bonchev–Trinajstić information content (AvgIpc) is 2.84. The Morgan fingerprint density at radius 1 is 1.44 bits per heavy atom. The van der Waals surface area contributed by atoms with Gasteiger partial charge in [-0.2, -0.15) is 4.31 Å². The van der Waals surface area contributed by atoms with Crippen molar-refractivity contribution in [3.63, 3.8) is 0 Å². The van der Waals surface area contributed by atoms with Crippen LogP contribution in [-0.4, -0.2) is 38.9 Å². The van der Waals surface area contributed by atoms with Crippen LogP contribution in [0.15, 0.2) is 23.1 Å². The summed E-state index contributed by atoms with van der Waals surface area (Å²) in [5.74, 6) is -0.696. The van der Waals surface area contributed by atoms with Crippen molar-refractivity contribution in [2.24, 2.45) is 0 Å². The van der Waals surface area contributed by atoms with Crippen LogP contribution in [0.25, 0.3) is 0 Å². The monoisotopic (exact) mass is 272 g/mol. The molecule has 0 saturated carbocycles. The van der Waals surface area contributed by atoms with Gasteiger partial charge in [-0.1, -0.05) is 6.07 Å². The van der Waals surface area contributed by atoms with Crippen molar-refractivity contribution in [2.75, 3.05) is 20.1 Å². The molecule has 0 aromatic heterocycles. The third kappa shape index (κ3) is 2.41. The Bertz CT molecular complexity index is 539. The lowest BCUT2D eigenvalue weighted by Gasteiger charge is -2.23. The lowest BCUT2D eigenvalue weighted by Crippen LogP contribution is -2.38. The van der Waals surface area contributed by atoms with Crippen molar-refractivity contribution in [1.82, 2.24) is 9.62 Å². The highest BCUT2D eigenvalue weighted by Gasteiger charge is 2.31. The van der Waals surface area contributed by atoms with E-state index in [-0.39, 0.29) is 10.9 Å². The number of nitrogens with zero attached hydrogens (tertiary/aromatic N) is 1. The number of aryl methyl sites for hydroxylation is 1. The summed E-state index contributed by atoms with van der Waals surface area (Å²) in [6.07, 6.45) is 0.753. The zero-order chi connectivity index (χ0) is 13.3.